The summed E-state index contributed by atoms with van der Waals surface area (Å²) in [5.74, 6) is 1.73. The van der Waals surface area contributed by atoms with E-state index >= 15 is 0 Å². The van der Waals surface area contributed by atoms with Gasteiger partial charge in [-0.25, -0.2) is 4.79 Å². The molecular weight excluding hydrogens is 452 g/mol. The highest BCUT2D eigenvalue weighted by Gasteiger charge is 2.57. The summed E-state index contributed by atoms with van der Waals surface area (Å²) in [6.07, 6.45) is 4.53. The van der Waals surface area contributed by atoms with Crippen LogP contribution in [0.15, 0.2) is 48.5 Å². The van der Waals surface area contributed by atoms with Crippen molar-refractivity contribution in [1.29, 1.82) is 0 Å². The van der Waals surface area contributed by atoms with E-state index in [2.05, 4.69) is 53.2 Å². The number of methoxy groups -OCH3 is 1. The second-order valence-electron chi connectivity index (χ2n) is 10.7. The topological polar surface area (TPSA) is 56.3 Å². The summed E-state index contributed by atoms with van der Waals surface area (Å²) in [5, 5.41) is 0. The van der Waals surface area contributed by atoms with E-state index in [9.17, 15) is 9.59 Å². The highest BCUT2D eigenvalue weighted by atomic mass is 16.5. The fourth-order valence-corrected chi connectivity index (χ4v) is 5.92. The molecule has 3 aliphatic rings. The smallest absolute Gasteiger partial charge is 0.319 e. The molecule has 1 saturated carbocycles. The highest BCUT2D eigenvalue weighted by molar-refractivity contribution is 5.89. The Labute approximate surface area is 214 Å². The van der Waals surface area contributed by atoms with Crippen LogP contribution in [0.1, 0.15) is 54.5 Å². The largest absolute Gasteiger partial charge is 0.497 e. The third kappa shape index (κ3) is 4.45. The van der Waals surface area contributed by atoms with Crippen LogP contribution < -0.4 is 4.74 Å². The van der Waals surface area contributed by atoms with E-state index in [1.807, 2.05) is 17.0 Å². The molecule has 0 bridgehead atoms. The minimum absolute atomic E-state index is 0.0153. The predicted molar refractivity (Wildman–Crippen MR) is 140 cm³/mol. The molecule has 1 spiro atoms. The second kappa shape index (κ2) is 9.77. The predicted octanol–water partition coefficient (Wildman–Crippen LogP) is 4.10. The number of carbonyl (C=O) groups excluding carboxylic acids is 2. The molecule has 2 aromatic rings. The minimum atomic E-state index is -0.581. The van der Waals surface area contributed by atoms with Gasteiger partial charge in [0.15, 0.2) is 0 Å². The van der Waals surface area contributed by atoms with E-state index in [0.717, 1.165) is 17.7 Å². The maximum absolute atomic E-state index is 14.1. The molecule has 3 amide bonds. The number of hydrogen-bond acceptors (Lipinski definition) is 4. The molecule has 192 valence electrons. The molecule has 36 heavy (non-hydrogen) atoms. The van der Waals surface area contributed by atoms with Gasteiger partial charge >= 0.3 is 6.03 Å². The van der Waals surface area contributed by atoms with Gasteiger partial charge in [0.2, 0.25) is 5.91 Å². The molecular formula is C29H38N4O3. The number of rotatable bonds is 6. The number of likely N-dealkylation sites (N-methyl/N-ethyl adjacent to an activating group) is 1. The molecule has 2 saturated heterocycles. The van der Waals surface area contributed by atoms with Crippen LogP contribution in [-0.4, -0.2) is 85.0 Å². The van der Waals surface area contributed by atoms with Crippen molar-refractivity contribution in [2.45, 2.75) is 49.7 Å². The van der Waals surface area contributed by atoms with Crippen LogP contribution in [-0.2, 0) is 11.2 Å². The Morgan fingerprint density at radius 3 is 2.17 bits per heavy atom. The summed E-state index contributed by atoms with van der Waals surface area (Å²) in [6, 6.07) is 17.0. The Hall–Kier alpha value is -3.06. The fourth-order valence-electron chi connectivity index (χ4n) is 5.92. The van der Waals surface area contributed by atoms with Gasteiger partial charge in [0.1, 0.15) is 17.5 Å². The van der Waals surface area contributed by atoms with Crippen molar-refractivity contribution < 1.29 is 14.3 Å². The van der Waals surface area contributed by atoms with Crippen LogP contribution in [0.25, 0.3) is 0 Å². The van der Waals surface area contributed by atoms with Crippen molar-refractivity contribution in [3.63, 3.8) is 0 Å². The lowest BCUT2D eigenvalue weighted by atomic mass is 9.86. The summed E-state index contributed by atoms with van der Waals surface area (Å²) < 4.78 is 5.30. The Balaban J connectivity index is 1.40. The first-order valence-electron chi connectivity index (χ1n) is 13.1. The van der Waals surface area contributed by atoms with Crippen LogP contribution in [0.5, 0.6) is 5.75 Å². The Kier molecular flexibility index (Phi) is 6.68. The second-order valence-corrected chi connectivity index (χ2v) is 10.7. The maximum Gasteiger partial charge on any atom is 0.319 e. The first kappa shape index (κ1) is 24.6. The van der Waals surface area contributed by atoms with Gasteiger partial charge in [0, 0.05) is 33.7 Å². The molecule has 2 aromatic carbocycles. The lowest BCUT2D eigenvalue weighted by molar-refractivity contribution is -0.135. The first-order chi connectivity index (χ1) is 17.3. The van der Waals surface area contributed by atoms with Crippen LogP contribution in [0.3, 0.4) is 0 Å². The highest BCUT2D eigenvalue weighted by Crippen LogP contribution is 2.46. The Morgan fingerprint density at radius 2 is 1.61 bits per heavy atom. The Morgan fingerprint density at radius 1 is 1.00 bits per heavy atom. The third-order valence-corrected chi connectivity index (χ3v) is 8.32. The first-order valence-corrected chi connectivity index (χ1v) is 13.1. The summed E-state index contributed by atoms with van der Waals surface area (Å²) >= 11 is 0. The van der Waals surface area contributed by atoms with E-state index in [1.165, 1.54) is 24.0 Å². The molecule has 0 aromatic heterocycles. The summed E-state index contributed by atoms with van der Waals surface area (Å²) in [5.41, 5.74) is 3.17. The average molecular weight is 491 g/mol. The summed E-state index contributed by atoms with van der Waals surface area (Å²) in [6.45, 7) is 1.83. The number of urea groups is 1. The molecule has 1 atom stereocenters. The number of likely N-dealkylation sites (tertiary alicyclic amines) is 1. The number of carbonyl (C=O) groups is 2. The van der Waals surface area contributed by atoms with Gasteiger partial charge in [0.25, 0.3) is 0 Å². The van der Waals surface area contributed by atoms with Crippen molar-refractivity contribution in [1.82, 2.24) is 19.6 Å². The third-order valence-electron chi connectivity index (χ3n) is 8.32. The number of nitrogens with zero attached hydrogens (tertiary/aromatic N) is 4. The van der Waals surface area contributed by atoms with Crippen LogP contribution in [0.2, 0.25) is 0 Å². The molecule has 2 aliphatic heterocycles. The monoisotopic (exact) mass is 490 g/mol. The average Bonchev–Trinajstić information content (AvgIpc) is 3.73. The van der Waals surface area contributed by atoms with E-state index in [1.54, 1.807) is 26.1 Å². The number of hydrogen-bond donors (Lipinski definition) is 0. The van der Waals surface area contributed by atoms with Crippen LogP contribution in [0, 0.1) is 0 Å². The molecule has 2 heterocycles. The number of piperidine rings is 1. The SMILES string of the molecule is COc1ccc(CCN2C(=O)C3(CCN(C(=O)N(C)C)CC3)N(C)C2c2ccc(C3CC3)cc2)cc1. The molecule has 0 radical (unpaired) electrons. The molecule has 5 rings (SSSR count). The minimum Gasteiger partial charge on any atom is -0.497 e. The van der Waals surface area contributed by atoms with Gasteiger partial charge in [-0.3, -0.25) is 9.69 Å². The number of amides is 3. The zero-order chi connectivity index (χ0) is 25.4. The van der Waals surface area contributed by atoms with Gasteiger partial charge in [-0.1, -0.05) is 36.4 Å². The molecule has 1 unspecified atom stereocenters. The van der Waals surface area contributed by atoms with Gasteiger partial charge in [0.05, 0.1) is 7.11 Å². The number of benzene rings is 2. The lowest BCUT2D eigenvalue weighted by Crippen LogP contribution is -2.57. The zero-order valence-electron chi connectivity index (χ0n) is 21.9. The molecule has 1 aliphatic carbocycles. The van der Waals surface area contributed by atoms with Gasteiger partial charge in [-0.05, 0) is 73.9 Å². The van der Waals surface area contributed by atoms with Gasteiger partial charge in [-0.15, -0.1) is 0 Å². The van der Waals surface area contributed by atoms with Crippen molar-refractivity contribution in [3.05, 3.63) is 65.2 Å². The quantitative estimate of drug-likeness (QED) is 0.612. The summed E-state index contributed by atoms with van der Waals surface area (Å²) in [4.78, 5) is 34.5. The van der Waals surface area contributed by atoms with Gasteiger partial charge < -0.3 is 19.4 Å². The fraction of sp³-hybridized carbons (Fsp3) is 0.517. The summed E-state index contributed by atoms with van der Waals surface area (Å²) in [7, 11) is 7.32. The van der Waals surface area contributed by atoms with Crippen LogP contribution in [0.4, 0.5) is 4.79 Å². The lowest BCUT2D eigenvalue weighted by Gasteiger charge is -2.42. The molecule has 3 fully saturated rings. The normalized spacial score (nSPS) is 21.8. The van der Waals surface area contributed by atoms with Crippen molar-refractivity contribution in [2.24, 2.45) is 0 Å². The molecule has 7 nitrogen and oxygen atoms in total. The van der Waals surface area contributed by atoms with Crippen molar-refractivity contribution >= 4 is 11.9 Å². The van der Waals surface area contributed by atoms with E-state index in [-0.39, 0.29) is 18.1 Å². The molecule has 7 heteroatoms. The van der Waals surface area contributed by atoms with Gasteiger partial charge in [-0.2, -0.15) is 0 Å². The Bertz CT molecular complexity index is 1090. The van der Waals surface area contributed by atoms with Crippen molar-refractivity contribution in [2.75, 3.05) is 47.9 Å². The van der Waals surface area contributed by atoms with E-state index in [4.69, 9.17) is 4.74 Å². The van der Waals surface area contributed by atoms with E-state index in [0.29, 0.717) is 38.4 Å². The molecule has 0 N–H and O–H groups in total. The van der Waals surface area contributed by atoms with E-state index < -0.39 is 5.54 Å². The number of ether oxygens (including phenoxy) is 1. The van der Waals surface area contributed by atoms with Crippen molar-refractivity contribution in [3.8, 4) is 5.75 Å². The maximum atomic E-state index is 14.1. The zero-order valence-corrected chi connectivity index (χ0v) is 21.9. The standard InChI is InChI=1S/C29H38N4O3/c1-30(2)28(35)32-19-16-29(17-20-32)27(34)33(18-15-21-5-13-25(36-4)14-6-21)26(31(29)3)24-11-9-23(10-12-24)22-7-8-22/h5-6,9-14,22,26H,7-8,15-20H2,1-4H3. The van der Waals surface area contributed by atoms with Crippen LogP contribution >= 0.6 is 0 Å².